The molecule has 0 amide bonds. The van der Waals surface area contributed by atoms with E-state index in [0.717, 1.165) is 57.0 Å². The van der Waals surface area contributed by atoms with Crippen molar-refractivity contribution in [2.45, 2.75) is 45.1 Å². The summed E-state index contributed by atoms with van der Waals surface area (Å²) in [6.07, 6.45) is 5.08. The van der Waals surface area contributed by atoms with E-state index < -0.39 is 5.60 Å². The van der Waals surface area contributed by atoms with Gasteiger partial charge in [0.05, 0.1) is 12.7 Å². The van der Waals surface area contributed by atoms with Crippen molar-refractivity contribution in [3.8, 4) is 5.75 Å². The van der Waals surface area contributed by atoms with Crippen LogP contribution < -0.4 is 15.0 Å². The molecule has 0 saturated carbocycles. The van der Waals surface area contributed by atoms with E-state index in [9.17, 15) is 5.11 Å². The third-order valence-electron chi connectivity index (χ3n) is 3.89. The zero-order valence-electron chi connectivity index (χ0n) is 13.2. The minimum Gasteiger partial charge on any atom is -0.490 e. The van der Waals surface area contributed by atoms with Crippen molar-refractivity contribution in [2.75, 3.05) is 37.0 Å². The van der Waals surface area contributed by atoms with Crippen LogP contribution in [0.2, 0.25) is 0 Å². The fraction of sp³-hybridized carbons (Fsp3) is 0.733. The van der Waals surface area contributed by atoms with Crippen molar-refractivity contribution in [1.82, 2.24) is 9.97 Å². The highest BCUT2D eigenvalue weighted by atomic mass is 16.5. The lowest BCUT2D eigenvalue weighted by Gasteiger charge is -2.25. The maximum atomic E-state index is 10.2. The van der Waals surface area contributed by atoms with Crippen LogP contribution in [-0.2, 0) is 0 Å². The van der Waals surface area contributed by atoms with Crippen LogP contribution in [0.5, 0.6) is 5.75 Å². The van der Waals surface area contributed by atoms with Gasteiger partial charge in [-0.05, 0) is 32.6 Å². The molecule has 6 nitrogen and oxygen atoms in total. The second kappa shape index (κ2) is 6.93. The Balaban J connectivity index is 2.22. The van der Waals surface area contributed by atoms with E-state index in [2.05, 4.69) is 27.1 Å². The first-order valence-electron chi connectivity index (χ1n) is 7.67. The molecule has 1 aromatic rings. The molecule has 1 unspecified atom stereocenters. The second-order valence-corrected chi connectivity index (χ2v) is 5.84. The maximum absolute atomic E-state index is 10.2. The van der Waals surface area contributed by atoms with E-state index in [1.807, 2.05) is 6.92 Å². The van der Waals surface area contributed by atoms with Crippen LogP contribution in [-0.4, -0.2) is 47.4 Å². The van der Waals surface area contributed by atoms with Crippen LogP contribution >= 0.6 is 0 Å². The number of methoxy groups -OCH3 is 1. The molecule has 6 heteroatoms. The number of rotatable bonds is 5. The number of anilines is 2. The van der Waals surface area contributed by atoms with Crippen molar-refractivity contribution in [3.05, 3.63) is 6.33 Å². The Bertz CT molecular complexity index is 465. The Hall–Kier alpha value is -1.56. The molecule has 0 spiro atoms. The average Bonchev–Trinajstić information content (AvgIpc) is 2.65. The molecule has 2 N–H and O–H groups in total. The van der Waals surface area contributed by atoms with Crippen LogP contribution in [0.15, 0.2) is 6.33 Å². The first kappa shape index (κ1) is 15.8. The summed E-state index contributed by atoms with van der Waals surface area (Å²) in [4.78, 5) is 10.9. The predicted octanol–water partition coefficient (Wildman–Crippen LogP) is 2.05. The molecule has 21 heavy (non-hydrogen) atoms. The molecule has 1 aliphatic heterocycles. The van der Waals surface area contributed by atoms with E-state index in [4.69, 9.17) is 4.74 Å². The molecule has 0 aliphatic carbocycles. The summed E-state index contributed by atoms with van der Waals surface area (Å²) in [5.41, 5.74) is -0.585. The lowest BCUT2D eigenvalue weighted by molar-refractivity contribution is 0.0481. The van der Waals surface area contributed by atoms with Gasteiger partial charge in [0.15, 0.2) is 11.6 Å². The first-order chi connectivity index (χ1) is 10.1. The Labute approximate surface area is 126 Å². The monoisotopic (exact) mass is 294 g/mol. The van der Waals surface area contributed by atoms with Gasteiger partial charge in [-0.2, -0.15) is 0 Å². The molecule has 0 radical (unpaired) electrons. The Morgan fingerprint density at radius 3 is 2.90 bits per heavy atom. The van der Waals surface area contributed by atoms with Gasteiger partial charge in [0.1, 0.15) is 6.33 Å². The highest BCUT2D eigenvalue weighted by molar-refractivity contribution is 5.64. The molecule has 0 bridgehead atoms. The van der Waals surface area contributed by atoms with Gasteiger partial charge in [-0.1, -0.05) is 6.92 Å². The zero-order chi connectivity index (χ0) is 15.3. The molecule has 2 heterocycles. The molecule has 1 atom stereocenters. The van der Waals surface area contributed by atoms with Crippen molar-refractivity contribution < 1.29 is 9.84 Å². The van der Waals surface area contributed by atoms with Gasteiger partial charge in [0.25, 0.3) is 0 Å². The standard InChI is InChI=1S/C15H26N4O2/c1-4-8-16-13-12(21-3)14(18-11-17-13)19-9-5-6-15(2,20)7-10-19/h11,20H,4-10H2,1-3H3,(H,16,17,18). The molecule has 1 aliphatic rings. The number of nitrogens with zero attached hydrogens (tertiary/aromatic N) is 3. The average molecular weight is 294 g/mol. The summed E-state index contributed by atoms with van der Waals surface area (Å²) in [5.74, 6) is 2.23. The van der Waals surface area contributed by atoms with Gasteiger partial charge < -0.3 is 20.1 Å². The van der Waals surface area contributed by atoms with E-state index in [1.165, 1.54) is 0 Å². The lowest BCUT2D eigenvalue weighted by Crippen LogP contribution is -2.29. The number of nitrogens with one attached hydrogen (secondary N) is 1. The molecule has 1 aromatic heterocycles. The van der Waals surface area contributed by atoms with Gasteiger partial charge in [0.2, 0.25) is 5.75 Å². The molecule has 1 fully saturated rings. The number of aliphatic hydroxyl groups is 1. The molecule has 118 valence electrons. The highest BCUT2D eigenvalue weighted by Gasteiger charge is 2.27. The van der Waals surface area contributed by atoms with Crippen molar-refractivity contribution in [2.24, 2.45) is 0 Å². The molecular formula is C15H26N4O2. The maximum Gasteiger partial charge on any atom is 0.204 e. The fourth-order valence-corrected chi connectivity index (χ4v) is 2.62. The van der Waals surface area contributed by atoms with E-state index in [1.54, 1.807) is 13.4 Å². The number of hydrogen-bond acceptors (Lipinski definition) is 6. The Morgan fingerprint density at radius 1 is 1.38 bits per heavy atom. The topological polar surface area (TPSA) is 70.5 Å². The summed E-state index contributed by atoms with van der Waals surface area (Å²) in [6.45, 7) is 6.51. The van der Waals surface area contributed by atoms with E-state index in [-0.39, 0.29) is 0 Å². The van der Waals surface area contributed by atoms with Crippen LogP contribution in [0.4, 0.5) is 11.6 Å². The van der Waals surface area contributed by atoms with Crippen LogP contribution in [0.3, 0.4) is 0 Å². The summed E-state index contributed by atoms with van der Waals surface area (Å²) in [7, 11) is 1.65. The summed E-state index contributed by atoms with van der Waals surface area (Å²) in [5, 5.41) is 13.5. The Morgan fingerprint density at radius 2 is 2.19 bits per heavy atom. The van der Waals surface area contributed by atoms with Crippen molar-refractivity contribution in [3.63, 3.8) is 0 Å². The van der Waals surface area contributed by atoms with Gasteiger partial charge >= 0.3 is 0 Å². The van der Waals surface area contributed by atoms with E-state index in [0.29, 0.717) is 5.75 Å². The summed E-state index contributed by atoms with van der Waals surface area (Å²) in [6, 6.07) is 0. The lowest BCUT2D eigenvalue weighted by atomic mass is 9.98. The second-order valence-electron chi connectivity index (χ2n) is 5.84. The van der Waals surface area contributed by atoms with Gasteiger partial charge in [-0.3, -0.25) is 0 Å². The number of aromatic nitrogens is 2. The normalized spacial score (nSPS) is 22.8. The minimum atomic E-state index is -0.585. The largest absolute Gasteiger partial charge is 0.490 e. The third-order valence-corrected chi connectivity index (χ3v) is 3.89. The smallest absolute Gasteiger partial charge is 0.204 e. The zero-order valence-corrected chi connectivity index (χ0v) is 13.2. The van der Waals surface area contributed by atoms with Gasteiger partial charge in [0, 0.05) is 19.6 Å². The quantitative estimate of drug-likeness (QED) is 0.866. The van der Waals surface area contributed by atoms with Gasteiger partial charge in [-0.15, -0.1) is 0 Å². The number of hydrogen-bond donors (Lipinski definition) is 2. The SMILES string of the molecule is CCCNc1ncnc(N2CCCC(C)(O)CC2)c1OC. The van der Waals surface area contributed by atoms with Crippen LogP contribution in [0.25, 0.3) is 0 Å². The van der Waals surface area contributed by atoms with Crippen LogP contribution in [0.1, 0.15) is 39.5 Å². The highest BCUT2D eigenvalue weighted by Crippen LogP contribution is 2.34. The first-order valence-corrected chi connectivity index (χ1v) is 7.67. The van der Waals surface area contributed by atoms with Gasteiger partial charge in [-0.25, -0.2) is 9.97 Å². The molecule has 2 rings (SSSR count). The van der Waals surface area contributed by atoms with Crippen LogP contribution in [0, 0.1) is 0 Å². The molecule has 0 aromatic carbocycles. The minimum absolute atomic E-state index is 0.585. The molecular weight excluding hydrogens is 268 g/mol. The number of ether oxygens (including phenoxy) is 1. The van der Waals surface area contributed by atoms with E-state index >= 15 is 0 Å². The fourth-order valence-electron chi connectivity index (χ4n) is 2.62. The predicted molar refractivity (Wildman–Crippen MR) is 84.1 cm³/mol. The third kappa shape index (κ3) is 3.97. The molecule has 1 saturated heterocycles. The Kier molecular flexibility index (Phi) is 5.22. The van der Waals surface area contributed by atoms with Crippen molar-refractivity contribution in [1.29, 1.82) is 0 Å². The summed E-state index contributed by atoms with van der Waals surface area (Å²) < 4.78 is 5.53. The summed E-state index contributed by atoms with van der Waals surface area (Å²) >= 11 is 0. The van der Waals surface area contributed by atoms with Crippen molar-refractivity contribution >= 4 is 11.6 Å².